The zero-order valence-electron chi connectivity index (χ0n) is 9.87. The molecule has 3 unspecified atom stereocenters. The van der Waals surface area contributed by atoms with E-state index in [2.05, 4.69) is 19.2 Å². The Morgan fingerprint density at radius 1 is 1.13 bits per heavy atom. The highest BCUT2D eigenvalue weighted by atomic mass is 16.5. The largest absolute Gasteiger partial charge is 0.380 e. The summed E-state index contributed by atoms with van der Waals surface area (Å²) in [5.74, 6) is 0.634. The smallest absolute Gasteiger partial charge is 0.0620 e. The van der Waals surface area contributed by atoms with Gasteiger partial charge >= 0.3 is 0 Å². The van der Waals surface area contributed by atoms with Gasteiger partial charge in [0.05, 0.1) is 12.7 Å². The minimum absolute atomic E-state index is 0.443. The van der Waals surface area contributed by atoms with Crippen molar-refractivity contribution in [2.24, 2.45) is 5.92 Å². The SMILES string of the molecule is CC(C)C1CC(NC2CCOC2)CCO1. The lowest BCUT2D eigenvalue weighted by molar-refractivity contribution is -0.0260. The maximum absolute atomic E-state index is 5.76. The molecule has 2 heterocycles. The summed E-state index contributed by atoms with van der Waals surface area (Å²) in [4.78, 5) is 0. The molecule has 0 saturated carbocycles. The Morgan fingerprint density at radius 2 is 1.93 bits per heavy atom. The van der Waals surface area contributed by atoms with E-state index < -0.39 is 0 Å². The zero-order valence-corrected chi connectivity index (χ0v) is 9.87. The van der Waals surface area contributed by atoms with Crippen molar-refractivity contribution in [1.29, 1.82) is 0 Å². The molecule has 0 aromatic rings. The highest BCUT2D eigenvalue weighted by Gasteiger charge is 2.27. The Hall–Kier alpha value is -0.120. The van der Waals surface area contributed by atoms with Crippen molar-refractivity contribution in [3.63, 3.8) is 0 Å². The predicted molar refractivity (Wildman–Crippen MR) is 60.0 cm³/mol. The van der Waals surface area contributed by atoms with E-state index in [4.69, 9.17) is 9.47 Å². The Kier molecular flexibility index (Phi) is 4.00. The van der Waals surface area contributed by atoms with Gasteiger partial charge in [-0.2, -0.15) is 0 Å². The average Bonchev–Trinajstić information content (AvgIpc) is 2.71. The molecule has 3 atom stereocenters. The molecule has 88 valence electrons. The molecule has 0 aromatic heterocycles. The number of hydrogen-bond acceptors (Lipinski definition) is 3. The van der Waals surface area contributed by atoms with Crippen LogP contribution in [0.3, 0.4) is 0 Å². The van der Waals surface area contributed by atoms with Crippen LogP contribution in [0.4, 0.5) is 0 Å². The van der Waals surface area contributed by atoms with Crippen LogP contribution in [0.25, 0.3) is 0 Å². The number of rotatable bonds is 3. The van der Waals surface area contributed by atoms with Gasteiger partial charge in [0.2, 0.25) is 0 Å². The first-order valence-electron chi connectivity index (χ1n) is 6.21. The Bertz CT molecular complexity index is 188. The Balaban J connectivity index is 1.76. The molecule has 15 heavy (non-hydrogen) atoms. The van der Waals surface area contributed by atoms with Crippen LogP contribution in [-0.2, 0) is 9.47 Å². The number of ether oxygens (including phenoxy) is 2. The van der Waals surface area contributed by atoms with Crippen LogP contribution >= 0.6 is 0 Å². The van der Waals surface area contributed by atoms with Crippen molar-refractivity contribution in [3.05, 3.63) is 0 Å². The highest BCUT2D eigenvalue weighted by Crippen LogP contribution is 2.21. The van der Waals surface area contributed by atoms with E-state index in [9.17, 15) is 0 Å². The summed E-state index contributed by atoms with van der Waals surface area (Å²) >= 11 is 0. The van der Waals surface area contributed by atoms with Crippen molar-refractivity contribution in [2.45, 2.75) is 51.3 Å². The van der Waals surface area contributed by atoms with Gasteiger partial charge in [0.25, 0.3) is 0 Å². The molecule has 2 fully saturated rings. The fourth-order valence-corrected chi connectivity index (χ4v) is 2.44. The van der Waals surface area contributed by atoms with Gasteiger partial charge in [-0.25, -0.2) is 0 Å². The topological polar surface area (TPSA) is 30.5 Å². The van der Waals surface area contributed by atoms with Crippen LogP contribution in [-0.4, -0.2) is 38.0 Å². The molecular weight excluding hydrogens is 190 g/mol. The molecule has 0 amide bonds. The van der Waals surface area contributed by atoms with Crippen molar-refractivity contribution in [1.82, 2.24) is 5.32 Å². The maximum Gasteiger partial charge on any atom is 0.0620 e. The van der Waals surface area contributed by atoms with Crippen LogP contribution in [0.5, 0.6) is 0 Å². The second-order valence-electron chi connectivity index (χ2n) is 5.10. The summed E-state index contributed by atoms with van der Waals surface area (Å²) in [6, 6.07) is 1.22. The molecule has 0 bridgehead atoms. The second kappa shape index (κ2) is 5.28. The first kappa shape index (κ1) is 11.4. The summed E-state index contributed by atoms with van der Waals surface area (Å²) in [6.07, 6.45) is 3.93. The molecule has 0 aromatic carbocycles. The normalized spacial score (nSPS) is 37.4. The Morgan fingerprint density at radius 3 is 2.60 bits per heavy atom. The lowest BCUT2D eigenvalue weighted by Gasteiger charge is -2.33. The van der Waals surface area contributed by atoms with E-state index in [1.165, 1.54) is 6.42 Å². The third kappa shape index (κ3) is 3.16. The third-order valence-electron chi connectivity index (χ3n) is 3.46. The van der Waals surface area contributed by atoms with Gasteiger partial charge in [-0.3, -0.25) is 0 Å². The van der Waals surface area contributed by atoms with E-state index in [-0.39, 0.29) is 0 Å². The summed E-state index contributed by atoms with van der Waals surface area (Å²) in [5.41, 5.74) is 0. The Labute approximate surface area is 92.5 Å². The molecular formula is C12H23NO2. The summed E-state index contributed by atoms with van der Waals surface area (Å²) in [6.45, 7) is 7.21. The molecule has 2 aliphatic rings. The van der Waals surface area contributed by atoms with Gasteiger partial charge < -0.3 is 14.8 Å². The quantitative estimate of drug-likeness (QED) is 0.772. The molecule has 2 rings (SSSR count). The maximum atomic E-state index is 5.76. The zero-order chi connectivity index (χ0) is 10.7. The van der Waals surface area contributed by atoms with Crippen molar-refractivity contribution >= 4 is 0 Å². The van der Waals surface area contributed by atoms with Crippen LogP contribution in [0, 0.1) is 5.92 Å². The van der Waals surface area contributed by atoms with Gasteiger partial charge in [0.15, 0.2) is 0 Å². The average molecular weight is 213 g/mol. The first-order valence-corrected chi connectivity index (χ1v) is 6.21. The first-order chi connectivity index (χ1) is 7.25. The van der Waals surface area contributed by atoms with Crippen LogP contribution in [0.1, 0.15) is 33.1 Å². The molecule has 0 spiro atoms. The van der Waals surface area contributed by atoms with Gasteiger partial charge in [-0.05, 0) is 25.2 Å². The summed E-state index contributed by atoms with van der Waals surface area (Å²) in [5, 5.41) is 3.70. The molecule has 2 saturated heterocycles. The second-order valence-corrected chi connectivity index (χ2v) is 5.10. The van der Waals surface area contributed by atoms with Crippen LogP contribution in [0.2, 0.25) is 0 Å². The fourth-order valence-electron chi connectivity index (χ4n) is 2.44. The molecule has 2 aliphatic heterocycles. The van der Waals surface area contributed by atoms with Crippen LogP contribution < -0.4 is 5.32 Å². The van der Waals surface area contributed by atoms with E-state index in [0.717, 1.165) is 32.7 Å². The minimum Gasteiger partial charge on any atom is -0.380 e. The van der Waals surface area contributed by atoms with Crippen molar-refractivity contribution in [3.8, 4) is 0 Å². The van der Waals surface area contributed by atoms with Crippen molar-refractivity contribution < 1.29 is 9.47 Å². The fraction of sp³-hybridized carbons (Fsp3) is 1.00. The molecule has 1 N–H and O–H groups in total. The van der Waals surface area contributed by atoms with E-state index >= 15 is 0 Å². The molecule has 0 radical (unpaired) electrons. The number of hydrogen-bond donors (Lipinski definition) is 1. The van der Waals surface area contributed by atoms with E-state index in [1.54, 1.807) is 0 Å². The molecule has 0 aliphatic carbocycles. The van der Waals surface area contributed by atoms with Crippen molar-refractivity contribution in [2.75, 3.05) is 19.8 Å². The van der Waals surface area contributed by atoms with Gasteiger partial charge in [-0.1, -0.05) is 13.8 Å². The third-order valence-corrected chi connectivity index (χ3v) is 3.46. The minimum atomic E-state index is 0.443. The van der Waals surface area contributed by atoms with E-state index in [1.807, 2.05) is 0 Å². The highest BCUT2D eigenvalue weighted by molar-refractivity contribution is 4.83. The van der Waals surface area contributed by atoms with E-state index in [0.29, 0.717) is 24.1 Å². The summed E-state index contributed by atoms with van der Waals surface area (Å²) < 4.78 is 11.1. The lowest BCUT2D eigenvalue weighted by Crippen LogP contribution is -2.45. The molecule has 3 nitrogen and oxygen atoms in total. The molecule has 3 heteroatoms. The van der Waals surface area contributed by atoms with Gasteiger partial charge in [-0.15, -0.1) is 0 Å². The monoisotopic (exact) mass is 213 g/mol. The predicted octanol–water partition coefficient (Wildman–Crippen LogP) is 1.57. The van der Waals surface area contributed by atoms with Gasteiger partial charge in [0, 0.05) is 25.3 Å². The van der Waals surface area contributed by atoms with Crippen LogP contribution in [0.15, 0.2) is 0 Å². The standard InChI is InChI=1S/C12H23NO2/c1-9(2)12-7-10(4-6-15-12)13-11-3-5-14-8-11/h9-13H,3-8H2,1-2H3. The number of nitrogens with one attached hydrogen (secondary N) is 1. The summed E-state index contributed by atoms with van der Waals surface area (Å²) in [7, 11) is 0. The van der Waals surface area contributed by atoms with Gasteiger partial charge in [0.1, 0.15) is 0 Å². The lowest BCUT2D eigenvalue weighted by atomic mass is 9.95.